The van der Waals surface area contributed by atoms with Gasteiger partial charge in [0.2, 0.25) is 0 Å². The molecular formula is C14H20N2. The Bertz CT molecular complexity index is 358. The zero-order chi connectivity index (χ0) is 11.0. The topological polar surface area (TPSA) is 29.3 Å². The van der Waals surface area contributed by atoms with E-state index in [0.717, 1.165) is 12.5 Å². The maximum atomic E-state index is 5.85. The van der Waals surface area contributed by atoms with Gasteiger partial charge in [0, 0.05) is 19.6 Å². The largest absolute Gasteiger partial charge is 0.330 e. The molecule has 2 heteroatoms. The Morgan fingerprint density at radius 1 is 1.31 bits per heavy atom. The van der Waals surface area contributed by atoms with Gasteiger partial charge in [0.15, 0.2) is 0 Å². The van der Waals surface area contributed by atoms with Crippen LogP contribution in [0, 0.1) is 11.3 Å². The number of nitrogens with zero attached hydrogens (tertiary/aromatic N) is 1. The van der Waals surface area contributed by atoms with Gasteiger partial charge in [-0.1, -0.05) is 30.3 Å². The molecule has 16 heavy (non-hydrogen) atoms. The van der Waals surface area contributed by atoms with Gasteiger partial charge in [-0.05, 0) is 36.3 Å². The Morgan fingerprint density at radius 2 is 2.12 bits per heavy atom. The van der Waals surface area contributed by atoms with Crippen molar-refractivity contribution >= 4 is 0 Å². The molecule has 2 N–H and O–H groups in total. The minimum Gasteiger partial charge on any atom is -0.330 e. The third kappa shape index (κ3) is 1.76. The molecule has 1 saturated carbocycles. The van der Waals surface area contributed by atoms with Crippen LogP contribution in [-0.4, -0.2) is 31.1 Å². The number of piperidine rings is 1. The molecule has 2 atom stereocenters. The fourth-order valence-corrected chi connectivity index (χ4v) is 3.12. The van der Waals surface area contributed by atoms with Crippen molar-refractivity contribution in [2.75, 3.05) is 26.2 Å². The van der Waals surface area contributed by atoms with Gasteiger partial charge >= 0.3 is 0 Å². The summed E-state index contributed by atoms with van der Waals surface area (Å²) in [4.78, 5) is 2.59. The predicted octanol–water partition coefficient (Wildman–Crippen LogP) is 1.51. The van der Waals surface area contributed by atoms with Gasteiger partial charge in [0.25, 0.3) is 0 Å². The molecule has 1 aromatic carbocycles. The third-order valence-electron chi connectivity index (χ3n) is 4.34. The van der Waals surface area contributed by atoms with Gasteiger partial charge in [-0.15, -0.1) is 0 Å². The van der Waals surface area contributed by atoms with E-state index >= 15 is 0 Å². The van der Waals surface area contributed by atoms with Crippen molar-refractivity contribution in [1.82, 2.24) is 4.90 Å². The summed E-state index contributed by atoms with van der Waals surface area (Å²) in [6.07, 6.45) is 2.56. The first kappa shape index (κ1) is 10.3. The van der Waals surface area contributed by atoms with Crippen molar-refractivity contribution in [1.29, 1.82) is 0 Å². The monoisotopic (exact) mass is 216 g/mol. The van der Waals surface area contributed by atoms with Crippen molar-refractivity contribution in [3.63, 3.8) is 0 Å². The quantitative estimate of drug-likeness (QED) is 0.826. The van der Waals surface area contributed by atoms with Crippen LogP contribution in [0.15, 0.2) is 30.3 Å². The normalized spacial score (nSPS) is 32.7. The second-order valence-corrected chi connectivity index (χ2v) is 5.44. The summed E-state index contributed by atoms with van der Waals surface area (Å²) in [5.41, 5.74) is 7.83. The smallest absolute Gasteiger partial charge is 0.00536 e. The van der Waals surface area contributed by atoms with Crippen LogP contribution in [0.2, 0.25) is 0 Å². The second-order valence-electron chi connectivity index (χ2n) is 5.44. The molecule has 1 aliphatic heterocycles. The molecule has 1 aromatic rings. The molecule has 0 radical (unpaired) electrons. The second kappa shape index (κ2) is 3.86. The van der Waals surface area contributed by atoms with E-state index in [0.29, 0.717) is 5.41 Å². The summed E-state index contributed by atoms with van der Waals surface area (Å²) < 4.78 is 0. The average molecular weight is 216 g/mol. The number of rotatable bonds is 4. The van der Waals surface area contributed by atoms with Gasteiger partial charge in [-0.2, -0.15) is 0 Å². The summed E-state index contributed by atoms with van der Waals surface area (Å²) in [6, 6.07) is 10.8. The molecule has 0 amide bonds. The molecule has 1 aliphatic carbocycles. The minimum atomic E-state index is 0.524. The van der Waals surface area contributed by atoms with Crippen LogP contribution in [0.4, 0.5) is 0 Å². The molecule has 86 valence electrons. The lowest BCUT2D eigenvalue weighted by molar-refractivity contribution is 0.285. The summed E-state index contributed by atoms with van der Waals surface area (Å²) in [6.45, 7) is 4.60. The number of benzene rings is 1. The Labute approximate surface area is 97.4 Å². The molecule has 0 bridgehead atoms. The number of fused-ring (bicyclic) bond motifs is 1. The summed E-state index contributed by atoms with van der Waals surface area (Å²) >= 11 is 0. The standard InChI is InChI=1S/C14H20N2/c15-10-14-8-13(14)9-16(11-14)7-6-12-4-2-1-3-5-12/h1-5,13H,6-11,15H2. The highest BCUT2D eigenvalue weighted by Crippen LogP contribution is 2.56. The zero-order valence-electron chi connectivity index (χ0n) is 9.73. The van der Waals surface area contributed by atoms with Crippen molar-refractivity contribution in [2.45, 2.75) is 12.8 Å². The van der Waals surface area contributed by atoms with Crippen LogP contribution in [0.25, 0.3) is 0 Å². The Kier molecular flexibility index (Phi) is 2.49. The van der Waals surface area contributed by atoms with Crippen LogP contribution in [-0.2, 0) is 6.42 Å². The minimum absolute atomic E-state index is 0.524. The Hall–Kier alpha value is -0.860. The molecule has 3 rings (SSSR count). The van der Waals surface area contributed by atoms with Gasteiger partial charge in [0.1, 0.15) is 0 Å². The highest BCUT2D eigenvalue weighted by Gasteiger charge is 2.58. The van der Waals surface area contributed by atoms with E-state index in [1.807, 2.05) is 0 Å². The number of hydrogen-bond acceptors (Lipinski definition) is 2. The summed E-state index contributed by atoms with van der Waals surface area (Å²) in [7, 11) is 0. The van der Waals surface area contributed by atoms with Crippen molar-refractivity contribution < 1.29 is 0 Å². The van der Waals surface area contributed by atoms with Crippen molar-refractivity contribution in [3.05, 3.63) is 35.9 Å². The molecule has 0 spiro atoms. The maximum Gasteiger partial charge on any atom is 0.00536 e. The lowest BCUT2D eigenvalue weighted by Crippen LogP contribution is -2.30. The van der Waals surface area contributed by atoms with Gasteiger partial charge in [-0.25, -0.2) is 0 Å². The van der Waals surface area contributed by atoms with E-state index in [2.05, 4.69) is 35.2 Å². The molecule has 2 nitrogen and oxygen atoms in total. The number of likely N-dealkylation sites (tertiary alicyclic amines) is 1. The van der Waals surface area contributed by atoms with E-state index < -0.39 is 0 Å². The van der Waals surface area contributed by atoms with Crippen molar-refractivity contribution in [3.8, 4) is 0 Å². The van der Waals surface area contributed by atoms with Gasteiger partial charge < -0.3 is 10.6 Å². The highest BCUT2D eigenvalue weighted by atomic mass is 15.2. The van der Waals surface area contributed by atoms with Gasteiger partial charge in [-0.3, -0.25) is 0 Å². The number of nitrogens with two attached hydrogens (primary N) is 1. The summed E-state index contributed by atoms with van der Waals surface area (Å²) in [5, 5.41) is 0. The molecule has 1 heterocycles. The van der Waals surface area contributed by atoms with Crippen LogP contribution >= 0.6 is 0 Å². The van der Waals surface area contributed by atoms with Crippen LogP contribution in [0.5, 0.6) is 0 Å². The zero-order valence-corrected chi connectivity index (χ0v) is 9.73. The Morgan fingerprint density at radius 3 is 2.81 bits per heavy atom. The molecular weight excluding hydrogens is 196 g/mol. The van der Waals surface area contributed by atoms with Gasteiger partial charge in [0.05, 0.1) is 0 Å². The SMILES string of the molecule is NCC12CC1CN(CCc1ccccc1)C2. The first-order valence-electron chi connectivity index (χ1n) is 6.29. The lowest BCUT2D eigenvalue weighted by Gasteiger charge is -2.19. The van der Waals surface area contributed by atoms with E-state index in [-0.39, 0.29) is 0 Å². The first-order chi connectivity index (χ1) is 7.82. The van der Waals surface area contributed by atoms with E-state index in [1.165, 1.54) is 38.0 Å². The fourth-order valence-electron chi connectivity index (χ4n) is 3.12. The van der Waals surface area contributed by atoms with E-state index in [4.69, 9.17) is 5.73 Å². The van der Waals surface area contributed by atoms with Crippen LogP contribution in [0.1, 0.15) is 12.0 Å². The third-order valence-corrected chi connectivity index (χ3v) is 4.34. The van der Waals surface area contributed by atoms with E-state index in [9.17, 15) is 0 Å². The number of hydrogen-bond donors (Lipinski definition) is 1. The van der Waals surface area contributed by atoms with E-state index in [1.54, 1.807) is 0 Å². The maximum absolute atomic E-state index is 5.85. The molecule has 2 unspecified atom stereocenters. The molecule has 1 saturated heterocycles. The first-order valence-corrected chi connectivity index (χ1v) is 6.29. The Balaban J connectivity index is 1.51. The van der Waals surface area contributed by atoms with Crippen LogP contribution < -0.4 is 5.73 Å². The van der Waals surface area contributed by atoms with Crippen molar-refractivity contribution in [2.24, 2.45) is 17.1 Å². The van der Waals surface area contributed by atoms with Crippen LogP contribution in [0.3, 0.4) is 0 Å². The molecule has 2 fully saturated rings. The average Bonchev–Trinajstić information content (AvgIpc) is 2.91. The molecule has 2 aliphatic rings. The fraction of sp³-hybridized carbons (Fsp3) is 0.571. The lowest BCUT2D eigenvalue weighted by atomic mass is 10.1. The highest BCUT2D eigenvalue weighted by molar-refractivity contribution is 5.16. The predicted molar refractivity (Wildman–Crippen MR) is 66.2 cm³/mol. The molecule has 0 aromatic heterocycles. The summed E-state index contributed by atoms with van der Waals surface area (Å²) in [5.74, 6) is 0.910.